The van der Waals surface area contributed by atoms with E-state index in [9.17, 15) is 22.5 Å². The van der Waals surface area contributed by atoms with Crippen molar-refractivity contribution in [3.05, 3.63) is 41.4 Å². The maximum atomic E-state index is 13.4. The summed E-state index contributed by atoms with van der Waals surface area (Å²) >= 11 is 0. The SMILES string of the molecule is C1=CCC/C=C\CC1.C[C@H]1CC[C@H](C)[P+]12C1=C(C(=O)N(C)C1=O)[P+]1([C@@H](C)CC[C@@H]1C)C2(C)C.C[CH+]C.FB(F)F.[F-]. The van der Waals surface area contributed by atoms with E-state index in [1.54, 1.807) is 7.05 Å². The first-order valence-corrected chi connectivity index (χ1v) is 18.9. The van der Waals surface area contributed by atoms with Crippen LogP contribution in [0.5, 0.6) is 0 Å². The van der Waals surface area contributed by atoms with E-state index in [1.165, 1.54) is 56.3 Å². The zero-order valence-electron chi connectivity index (χ0n) is 26.6. The lowest BCUT2D eigenvalue weighted by atomic mass is 10.1. The van der Waals surface area contributed by atoms with Crippen LogP contribution in [0.2, 0.25) is 0 Å². The van der Waals surface area contributed by atoms with Crippen LogP contribution < -0.4 is 4.70 Å². The average molecular weight is 620 g/mol. The highest BCUT2D eigenvalue weighted by molar-refractivity contribution is 8.03. The van der Waals surface area contributed by atoms with Crippen molar-refractivity contribution >= 4 is 33.9 Å². The quantitative estimate of drug-likeness (QED) is 0.0739. The van der Waals surface area contributed by atoms with E-state index in [-0.39, 0.29) is 21.4 Å². The van der Waals surface area contributed by atoms with Gasteiger partial charge in [0, 0.05) is 20.9 Å². The van der Waals surface area contributed by atoms with Gasteiger partial charge in [0.25, 0.3) is 11.8 Å². The van der Waals surface area contributed by atoms with Gasteiger partial charge < -0.3 is 4.70 Å². The van der Waals surface area contributed by atoms with E-state index in [1.807, 2.05) is 20.3 Å². The van der Waals surface area contributed by atoms with Gasteiger partial charge in [0.15, 0.2) is 4.90 Å². The maximum Gasteiger partial charge on any atom is 0.762 e. The van der Waals surface area contributed by atoms with Crippen LogP contribution in [-0.2, 0) is 9.59 Å². The van der Waals surface area contributed by atoms with Gasteiger partial charge >= 0.3 is 7.54 Å². The van der Waals surface area contributed by atoms with Crippen molar-refractivity contribution < 1.29 is 27.2 Å². The Kier molecular flexibility index (Phi) is 14.4. The number of amides is 2. The van der Waals surface area contributed by atoms with Gasteiger partial charge in [-0.3, -0.25) is 27.4 Å². The highest BCUT2D eigenvalue weighted by Crippen LogP contribution is 3.06. The second-order valence-electron chi connectivity index (χ2n) is 12.4. The molecule has 0 N–H and O–H groups in total. The van der Waals surface area contributed by atoms with Crippen molar-refractivity contribution in [2.24, 2.45) is 0 Å². The van der Waals surface area contributed by atoms with Gasteiger partial charge in [0.2, 0.25) is 10.6 Å². The van der Waals surface area contributed by atoms with Gasteiger partial charge in [-0.05, 0) is 79.1 Å². The van der Waals surface area contributed by atoms with Crippen LogP contribution in [0.4, 0.5) is 12.9 Å². The largest absolute Gasteiger partial charge is 1.00 e. The lowest BCUT2D eigenvalue weighted by molar-refractivity contribution is -0.135. The molecule has 0 radical (unpaired) electrons. The molecule has 0 aromatic heterocycles. The Hall–Kier alpha value is -1.13. The molecule has 4 aliphatic heterocycles. The Morgan fingerprint density at radius 1 is 0.732 bits per heavy atom. The lowest BCUT2D eigenvalue weighted by Gasteiger charge is -2.45. The molecule has 0 saturated carbocycles. The molecule has 1 aliphatic carbocycles. The molecule has 4 atom stereocenters. The Bertz CT molecular complexity index is 896. The zero-order valence-corrected chi connectivity index (χ0v) is 28.4. The van der Waals surface area contributed by atoms with Crippen LogP contribution in [0, 0.1) is 6.42 Å². The summed E-state index contributed by atoms with van der Waals surface area (Å²) in [6.07, 6.45) is 20.9. The summed E-state index contributed by atoms with van der Waals surface area (Å²) in [6, 6.07) is 0. The van der Waals surface area contributed by atoms with Gasteiger partial charge in [0.1, 0.15) is 14.5 Å². The van der Waals surface area contributed by atoms with Crippen molar-refractivity contribution in [1.29, 1.82) is 0 Å². The summed E-state index contributed by atoms with van der Waals surface area (Å²) in [6.45, 7) is 18.6. The number of carbonyl (C=O) groups is 2. The van der Waals surface area contributed by atoms with Gasteiger partial charge in [-0.25, -0.2) is 0 Å². The molecule has 4 heterocycles. The first kappa shape index (κ1) is 37.9. The molecule has 232 valence electrons. The molecule has 2 fully saturated rings. The predicted octanol–water partition coefficient (Wildman–Crippen LogP) is 6.91. The van der Waals surface area contributed by atoms with Gasteiger partial charge in [-0.2, -0.15) is 0 Å². The Balaban J connectivity index is 0.000000436. The molecular weight excluding hydrogens is 567 g/mol. The van der Waals surface area contributed by atoms with Crippen LogP contribution in [0.3, 0.4) is 0 Å². The summed E-state index contributed by atoms with van der Waals surface area (Å²) < 4.78 is 29.0. The standard InChI is InChI=1S/C20H33NO2P2.C8H12.C3H7.BF3.FH/c1-12-8-9-13(2)24(12)16-17(19(23)21(7)18(16)22)25(20(24,5)6)14(3)10-11-15(25)4;1-2-4-6-8-7-5-3-1;1-3-2;2-1(3)4;/h12-15H,8-11H2,1-7H3;1-2,7-8H,3-6H2;3H,1-2H3;;1H/q+2;;+1;;/p-1/b;2-1-,8-7?;;;/t12-,13-,14-,15-;;;;/m0..../s1. The number of allylic oxidation sites excluding steroid dienone is 4. The third-order valence-corrected chi connectivity index (χ3v) is 24.6. The fraction of sp³-hybridized carbons (Fsp3) is 0.710. The van der Waals surface area contributed by atoms with E-state index < -0.39 is 22.1 Å². The molecule has 10 heteroatoms. The summed E-state index contributed by atoms with van der Waals surface area (Å²) in [7, 11) is -5.32. The molecule has 5 aliphatic rings. The molecule has 0 bridgehead atoms. The second kappa shape index (κ2) is 15.6. The summed E-state index contributed by atoms with van der Waals surface area (Å²) in [5.41, 5.74) is 2.35. The normalized spacial score (nSPS) is 30.6. The number of halogens is 4. The van der Waals surface area contributed by atoms with E-state index in [0.29, 0.717) is 22.6 Å². The number of imide groups is 1. The second-order valence-corrected chi connectivity index (χ2v) is 22.5. The molecule has 0 aromatic rings. The van der Waals surface area contributed by atoms with Crippen molar-refractivity contribution in [2.75, 3.05) is 7.05 Å². The van der Waals surface area contributed by atoms with Crippen LogP contribution in [0.1, 0.15) is 107 Å². The fourth-order valence-corrected chi connectivity index (χ4v) is 27.8. The number of rotatable bonds is 0. The molecule has 2 saturated heterocycles. The smallest absolute Gasteiger partial charge is 0.762 e. The van der Waals surface area contributed by atoms with Crippen LogP contribution >= 0.6 is 14.5 Å². The molecule has 41 heavy (non-hydrogen) atoms. The third-order valence-electron chi connectivity index (χ3n) is 9.91. The number of nitrogens with zero attached hydrogens (tertiary/aromatic N) is 1. The number of carbonyl (C=O) groups excluding carboxylic acids is 2. The maximum absolute atomic E-state index is 13.4. The van der Waals surface area contributed by atoms with Gasteiger partial charge in [0.05, 0.1) is 42.9 Å². The monoisotopic (exact) mass is 619 g/mol. The van der Waals surface area contributed by atoms with Crippen LogP contribution in [0.15, 0.2) is 34.9 Å². The van der Waals surface area contributed by atoms with Crippen molar-refractivity contribution in [3.63, 3.8) is 0 Å². The van der Waals surface area contributed by atoms with Gasteiger partial charge in [-0.1, -0.05) is 24.3 Å². The van der Waals surface area contributed by atoms with Crippen molar-refractivity contribution in [1.82, 2.24) is 4.90 Å². The molecule has 3 nitrogen and oxygen atoms in total. The molecule has 5 rings (SSSR count). The van der Waals surface area contributed by atoms with E-state index in [0.717, 1.165) is 10.6 Å². The molecule has 2 spiro atoms. The minimum absolute atomic E-state index is 0. The fourth-order valence-electron chi connectivity index (χ4n) is 8.64. The third kappa shape index (κ3) is 6.40. The van der Waals surface area contributed by atoms with E-state index in [2.05, 4.69) is 65.8 Å². The van der Waals surface area contributed by atoms with E-state index >= 15 is 0 Å². The highest BCUT2D eigenvalue weighted by atomic mass is 31.2. The molecule has 0 unspecified atom stereocenters. The summed E-state index contributed by atoms with van der Waals surface area (Å²) in [5.74, 6) is 0.148. The summed E-state index contributed by atoms with van der Waals surface area (Å²) in [4.78, 5) is 28.4. The first-order valence-electron chi connectivity index (χ1n) is 15.0. The van der Waals surface area contributed by atoms with Crippen molar-refractivity contribution in [2.45, 2.75) is 134 Å². The van der Waals surface area contributed by atoms with Gasteiger partial charge in [-0.15, -0.1) is 0 Å². The minimum atomic E-state index is -3.67. The Labute approximate surface area is 248 Å². The number of hydrogen-bond acceptors (Lipinski definition) is 2. The highest BCUT2D eigenvalue weighted by Gasteiger charge is 2.89. The zero-order chi connectivity index (χ0) is 30.5. The van der Waals surface area contributed by atoms with Crippen LogP contribution in [-0.4, -0.2) is 58.8 Å². The number of fused-ring (bicyclic) bond motifs is 2. The molecular formula is C31H52BF4NO2P2+2. The van der Waals surface area contributed by atoms with Crippen molar-refractivity contribution in [3.8, 4) is 0 Å². The summed E-state index contributed by atoms with van der Waals surface area (Å²) in [5, 5.41) is 2.16. The minimum Gasteiger partial charge on any atom is -1.00 e. The number of hydrogen-bond donors (Lipinski definition) is 0. The Morgan fingerprint density at radius 3 is 1.17 bits per heavy atom. The Morgan fingerprint density at radius 2 is 0.951 bits per heavy atom. The lowest BCUT2D eigenvalue weighted by Crippen LogP contribution is -3.00. The number of likely N-dealkylation sites (N-methyl/N-ethyl adjacent to an activating group) is 1. The average Bonchev–Trinajstić information content (AvgIpc) is 3.45. The predicted molar refractivity (Wildman–Crippen MR) is 171 cm³/mol. The molecule has 2 amide bonds. The first-order chi connectivity index (χ1) is 18.7. The molecule has 0 aromatic carbocycles. The topological polar surface area (TPSA) is 37.4 Å². The van der Waals surface area contributed by atoms with Crippen LogP contribution in [0.25, 0.3) is 0 Å². The van der Waals surface area contributed by atoms with E-state index in [4.69, 9.17) is 0 Å².